The predicted octanol–water partition coefficient (Wildman–Crippen LogP) is -0.753. The standard InChI is InChI=1S/C12H20N4O5S/c1-7-11(9(3)16(5)13-7)22(20,21)14-8(2)12(19)15(4)6-10(17)18/h8,14H,6H2,1-5H3,(H,17,18). The topological polar surface area (TPSA) is 122 Å². The van der Waals surface area contributed by atoms with Gasteiger partial charge in [0.1, 0.15) is 11.4 Å². The fraction of sp³-hybridized carbons (Fsp3) is 0.583. The van der Waals surface area contributed by atoms with Crippen molar-refractivity contribution in [3.63, 3.8) is 0 Å². The van der Waals surface area contributed by atoms with E-state index in [9.17, 15) is 18.0 Å². The van der Waals surface area contributed by atoms with E-state index in [0.717, 1.165) is 4.90 Å². The number of aryl methyl sites for hydroxylation is 2. The van der Waals surface area contributed by atoms with Crippen LogP contribution >= 0.6 is 0 Å². The van der Waals surface area contributed by atoms with Crippen LogP contribution in [0.25, 0.3) is 0 Å². The minimum atomic E-state index is -3.94. The molecule has 0 aromatic carbocycles. The number of carboxylic acid groups (broad SMARTS) is 1. The summed E-state index contributed by atoms with van der Waals surface area (Å²) in [5.41, 5.74) is 0.773. The van der Waals surface area contributed by atoms with Crippen LogP contribution in [0.15, 0.2) is 4.90 Å². The third kappa shape index (κ3) is 3.83. The average molecular weight is 332 g/mol. The first-order valence-corrected chi connectivity index (χ1v) is 7.95. The smallest absolute Gasteiger partial charge is 0.323 e. The summed E-state index contributed by atoms with van der Waals surface area (Å²) < 4.78 is 28.5. The van der Waals surface area contributed by atoms with Gasteiger partial charge in [0, 0.05) is 14.1 Å². The Hall–Kier alpha value is -1.94. The van der Waals surface area contributed by atoms with Crippen molar-refractivity contribution < 1.29 is 23.1 Å². The molecule has 0 saturated heterocycles. The van der Waals surface area contributed by atoms with Crippen LogP contribution in [0.2, 0.25) is 0 Å². The maximum Gasteiger partial charge on any atom is 0.323 e. The van der Waals surface area contributed by atoms with Gasteiger partial charge < -0.3 is 10.0 Å². The molecule has 0 saturated carbocycles. The second-order valence-corrected chi connectivity index (χ2v) is 6.71. The van der Waals surface area contributed by atoms with Crippen LogP contribution in [0.1, 0.15) is 18.3 Å². The summed E-state index contributed by atoms with van der Waals surface area (Å²) in [7, 11) is -1.02. The minimum Gasteiger partial charge on any atom is -0.480 e. The molecule has 1 heterocycles. The van der Waals surface area contributed by atoms with Crippen LogP contribution in [0.4, 0.5) is 0 Å². The van der Waals surface area contributed by atoms with Gasteiger partial charge in [0.05, 0.1) is 17.4 Å². The van der Waals surface area contributed by atoms with Gasteiger partial charge in [0.2, 0.25) is 15.9 Å². The lowest BCUT2D eigenvalue weighted by atomic mass is 10.3. The molecule has 10 heteroatoms. The molecule has 1 unspecified atom stereocenters. The second-order valence-electron chi connectivity index (χ2n) is 5.05. The normalized spacial score (nSPS) is 13.0. The number of carboxylic acids is 1. The van der Waals surface area contributed by atoms with Crippen molar-refractivity contribution in [2.24, 2.45) is 7.05 Å². The first kappa shape index (κ1) is 18.1. The van der Waals surface area contributed by atoms with Crippen molar-refractivity contribution >= 4 is 21.9 Å². The number of nitrogens with zero attached hydrogens (tertiary/aromatic N) is 3. The summed E-state index contributed by atoms with van der Waals surface area (Å²) in [4.78, 5) is 23.5. The molecule has 124 valence electrons. The third-order valence-electron chi connectivity index (χ3n) is 3.16. The molecular weight excluding hydrogens is 312 g/mol. The fourth-order valence-corrected chi connectivity index (χ4v) is 3.73. The molecule has 0 aliphatic heterocycles. The number of likely N-dealkylation sites (N-methyl/N-ethyl adjacent to an activating group) is 1. The molecule has 0 fully saturated rings. The highest BCUT2D eigenvalue weighted by atomic mass is 32.2. The highest BCUT2D eigenvalue weighted by Gasteiger charge is 2.29. The first-order chi connectivity index (χ1) is 9.97. The number of carbonyl (C=O) groups excluding carboxylic acids is 1. The molecule has 0 radical (unpaired) electrons. The van der Waals surface area contributed by atoms with Crippen molar-refractivity contribution in [2.75, 3.05) is 13.6 Å². The van der Waals surface area contributed by atoms with Gasteiger partial charge in [-0.25, -0.2) is 8.42 Å². The van der Waals surface area contributed by atoms with E-state index in [1.54, 1.807) is 20.9 Å². The monoisotopic (exact) mass is 332 g/mol. The second kappa shape index (κ2) is 6.44. The Kier molecular flexibility index (Phi) is 5.30. The summed E-state index contributed by atoms with van der Waals surface area (Å²) >= 11 is 0. The van der Waals surface area contributed by atoms with Crippen LogP contribution in [-0.2, 0) is 26.7 Å². The van der Waals surface area contributed by atoms with E-state index in [-0.39, 0.29) is 4.90 Å². The van der Waals surface area contributed by atoms with E-state index in [0.29, 0.717) is 11.4 Å². The molecule has 2 N–H and O–H groups in total. The maximum atomic E-state index is 12.4. The Balaban J connectivity index is 2.97. The molecule has 1 rings (SSSR count). The zero-order chi connectivity index (χ0) is 17.2. The lowest BCUT2D eigenvalue weighted by Gasteiger charge is -2.20. The van der Waals surface area contributed by atoms with E-state index in [1.807, 2.05) is 0 Å². The molecule has 0 spiro atoms. The number of rotatable bonds is 6. The van der Waals surface area contributed by atoms with Crippen molar-refractivity contribution in [1.82, 2.24) is 19.4 Å². The van der Waals surface area contributed by atoms with Crippen LogP contribution < -0.4 is 4.72 Å². The molecule has 1 atom stereocenters. The van der Waals surface area contributed by atoms with Gasteiger partial charge in [0.15, 0.2) is 0 Å². The molecule has 0 aliphatic carbocycles. The van der Waals surface area contributed by atoms with Crippen molar-refractivity contribution in [1.29, 1.82) is 0 Å². The van der Waals surface area contributed by atoms with E-state index in [1.165, 1.54) is 18.7 Å². The molecular formula is C12H20N4O5S. The van der Waals surface area contributed by atoms with E-state index < -0.39 is 34.5 Å². The van der Waals surface area contributed by atoms with Crippen LogP contribution in [0, 0.1) is 13.8 Å². The predicted molar refractivity (Wildman–Crippen MR) is 77.7 cm³/mol. The number of aliphatic carboxylic acids is 1. The number of nitrogens with one attached hydrogen (secondary N) is 1. The highest BCUT2D eigenvalue weighted by molar-refractivity contribution is 7.89. The van der Waals surface area contributed by atoms with E-state index in [2.05, 4.69) is 9.82 Å². The Morgan fingerprint density at radius 2 is 1.95 bits per heavy atom. The van der Waals surface area contributed by atoms with Crippen molar-refractivity contribution in [3.05, 3.63) is 11.4 Å². The lowest BCUT2D eigenvalue weighted by Crippen LogP contribution is -2.46. The zero-order valence-electron chi connectivity index (χ0n) is 13.1. The van der Waals surface area contributed by atoms with Crippen LogP contribution in [-0.4, -0.2) is 59.7 Å². The summed E-state index contributed by atoms with van der Waals surface area (Å²) in [6.07, 6.45) is 0. The van der Waals surface area contributed by atoms with E-state index in [4.69, 9.17) is 5.11 Å². The number of amides is 1. The SMILES string of the molecule is Cc1nn(C)c(C)c1S(=O)(=O)NC(C)C(=O)N(C)CC(=O)O. The zero-order valence-corrected chi connectivity index (χ0v) is 13.9. The van der Waals surface area contributed by atoms with Gasteiger partial charge in [-0.05, 0) is 20.8 Å². The highest BCUT2D eigenvalue weighted by Crippen LogP contribution is 2.18. The van der Waals surface area contributed by atoms with Crippen LogP contribution in [0.5, 0.6) is 0 Å². The molecule has 9 nitrogen and oxygen atoms in total. The summed E-state index contributed by atoms with van der Waals surface area (Å²) in [5.74, 6) is -1.81. The quantitative estimate of drug-likeness (QED) is 0.707. The van der Waals surface area contributed by atoms with Crippen molar-refractivity contribution in [3.8, 4) is 0 Å². The van der Waals surface area contributed by atoms with Gasteiger partial charge in [-0.15, -0.1) is 0 Å². The number of hydrogen-bond acceptors (Lipinski definition) is 5. The molecule has 1 amide bonds. The van der Waals surface area contributed by atoms with Gasteiger partial charge in [-0.1, -0.05) is 0 Å². The van der Waals surface area contributed by atoms with Crippen molar-refractivity contribution in [2.45, 2.75) is 31.7 Å². The largest absolute Gasteiger partial charge is 0.480 e. The Morgan fingerprint density at radius 1 is 1.41 bits per heavy atom. The minimum absolute atomic E-state index is 0.0236. The Morgan fingerprint density at radius 3 is 2.36 bits per heavy atom. The van der Waals surface area contributed by atoms with Gasteiger partial charge >= 0.3 is 5.97 Å². The molecule has 0 aliphatic rings. The number of hydrogen-bond donors (Lipinski definition) is 2. The third-order valence-corrected chi connectivity index (χ3v) is 4.95. The molecule has 22 heavy (non-hydrogen) atoms. The van der Waals surface area contributed by atoms with Gasteiger partial charge in [-0.2, -0.15) is 9.82 Å². The molecule has 1 aromatic rings. The molecule has 1 aromatic heterocycles. The number of sulfonamides is 1. The Bertz CT molecular complexity index is 695. The first-order valence-electron chi connectivity index (χ1n) is 6.46. The molecule has 0 bridgehead atoms. The van der Waals surface area contributed by atoms with Gasteiger partial charge in [-0.3, -0.25) is 14.3 Å². The Labute approximate surface area is 129 Å². The van der Waals surface area contributed by atoms with Gasteiger partial charge in [0.25, 0.3) is 0 Å². The van der Waals surface area contributed by atoms with E-state index >= 15 is 0 Å². The average Bonchev–Trinajstić information content (AvgIpc) is 2.61. The maximum absolute atomic E-state index is 12.4. The fourth-order valence-electron chi connectivity index (χ4n) is 2.10. The number of carbonyl (C=O) groups is 2. The number of aromatic nitrogens is 2. The summed E-state index contributed by atoms with van der Waals surface area (Å²) in [5, 5.41) is 12.7. The van der Waals surface area contributed by atoms with Crippen LogP contribution in [0.3, 0.4) is 0 Å². The summed E-state index contributed by atoms with van der Waals surface area (Å²) in [6, 6.07) is -1.09. The summed E-state index contributed by atoms with van der Waals surface area (Å²) in [6.45, 7) is 4.03. The lowest BCUT2D eigenvalue weighted by molar-refractivity contribution is -0.143.